The molecule has 0 radical (unpaired) electrons. The van der Waals surface area contributed by atoms with E-state index in [-0.39, 0.29) is 12.3 Å². The molecule has 1 N–H and O–H groups in total. The van der Waals surface area contributed by atoms with E-state index in [0.29, 0.717) is 23.2 Å². The Morgan fingerprint density at radius 2 is 1.82 bits per heavy atom. The van der Waals surface area contributed by atoms with Gasteiger partial charge in [0.1, 0.15) is 12.4 Å². The predicted octanol–water partition coefficient (Wildman–Crippen LogP) is 5.63. The fraction of sp³-hybridized carbons (Fsp3) is 0.192. The number of nitrogens with one attached hydrogen (secondary N) is 1. The van der Waals surface area contributed by atoms with Gasteiger partial charge in [-0.2, -0.15) is 5.10 Å². The lowest BCUT2D eigenvalue weighted by molar-refractivity contribution is -0.120. The van der Waals surface area contributed by atoms with Gasteiger partial charge in [-0.05, 0) is 61.9 Å². The normalized spacial score (nSPS) is 10.8. The molecule has 0 aliphatic rings. The maximum absolute atomic E-state index is 12.6. The Labute approximate surface area is 208 Å². The van der Waals surface area contributed by atoms with Gasteiger partial charge < -0.3 is 10.1 Å². The topological polar surface area (TPSA) is 69.0 Å². The minimum Gasteiger partial charge on any atom is -0.487 e. The van der Waals surface area contributed by atoms with Gasteiger partial charge in [-0.1, -0.05) is 41.4 Å². The van der Waals surface area contributed by atoms with E-state index < -0.39 is 0 Å². The number of nitrogens with zero attached hydrogens (tertiary/aromatic N) is 3. The van der Waals surface area contributed by atoms with Crippen LogP contribution in [0.5, 0.6) is 5.75 Å². The Hall–Kier alpha value is -3.35. The first-order valence-corrected chi connectivity index (χ1v) is 11.5. The predicted molar refractivity (Wildman–Crippen MR) is 134 cm³/mol. The maximum Gasteiger partial charge on any atom is 0.224 e. The summed E-state index contributed by atoms with van der Waals surface area (Å²) in [4.78, 5) is 16.9. The third kappa shape index (κ3) is 5.76. The van der Waals surface area contributed by atoms with E-state index in [1.54, 1.807) is 23.0 Å². The van der Waals surface area contributed by atoms with Crippen LogP contribution in [-0.4, -0.2) is 20.7 Å². The van der Waals surface area contributed by atoms with Crippen LogP contribution in [0.3, 0.4) is 0 Å². The molecule has 0 aliphatic heterocycles. The van der Waals surface area contributed by atoms with Crippen LogP contribution in [0, 0.1) is 13.8 Å². The summed E-state index contributed by atoms with van der Waals surface area (Å²) in [6.07, 6.45) is 1.98. The highest BCUT2D eigenvalue weighted by Gasteiger charge is 2.16. The molecule has 0 atom stereocenters. The molecule has 0 spiro atoms. The number of rotatable bonds is 8. The number of aromatic nitrogens is 3. The lowest BCUT2D eigenvalue weighted by atomic mass is 10.1. The second-order valence-corrected chi connectivity index (χ2v) is 8.68. The molecule has 0 fully saturated rings. The lowest BCUT2D eigenvalue weighted by Crippen LogP contribution is -2.25. The van der Waals surface area contributed by atoms with Gasteiger partial charge in [-0.3, -0.25) is 9.78 Å². The number of carbonyl (C=O) groups excluding carboxylic acids is 1. The van der Waals surface area contributed by atoms with E-state index in [9.17, 15) is 4.79 Å². The number of pyridine rings is 1. The standard InChI is InChI=1S/C26H24Cl2N4O2/c1-17-23(18(2)32(31-17)21-8-11-24(27)25(28)13-21)14-26(33)30-15-19-6-9-22(10-7-19)34-16-20-5-3-4-12-29-20/h3-13H,14-16H2,1-2H3,(H,30,33). The first-order chi connectivity index (χ1) is 16.4. The van der Waals surface area contributed by atoms with Gasteiger partial charge in [0, 0.05) is 24.0 Å². The van der Waals surface area contributed by atoms with E-state index in [0.717, 1.165) is 39.6 Å². The van der Waals surface area contributed by atoms with Crippen molar-refractivity contribution in [2.24, 2.45) is 0 Å². The van der Waals surface area contributed by atoms with E-state index in [2.05, 4.69) is 15.4 Å². The van der Waals surface area contributed by atoms with Crippen molar-refractivity contribution >= 4 is 29.1 Å². The molecular formula is C26H24Cl2N4O2. The van der Waals surface area contributed by atoms with Gasteiger partial charge in [0.25, 0.3) is 0 Å². The number of ether oxygens (including phenoxy) is 1. The Morgan fingerprint density at radius 1 is 1.03 bits per heavy atom. The number of amides is 1. The summed E-state index contributed by atoms with van der Waals surface area (Å²) in [5.41, 5.74) is 5.23. The van der Waals surface area contributed by atoms with Crippen LogP contribution < -0.4 is 10.1 Å². The van der Waals surface area contributed by atoms with Crippen LogP contribution in [0.1, 0.15) is 28.2 Å². The van der Waals surface area contributed by atoms with Crippen molar-refractivity contribution in [1.29, 1.82) is 0 Å². The Balaban J connectivity index is 1.33. The number of carbonyl (C=O) groups is 1. The molecule has 174 valence electrons. The monoisotopic (exact) mass is 494 g/mol. The van der Waals surface area contributed by atoms with Crippen LogP contribution >= 0.6 is 23.2 Å². The first kappa shape index (κ1) is 23.8. The number of halogens is 2. The Bertz CT molecular complexity index is 1290. The van der Waals surface area contributed by atoms with Crippen molar-refractivity contribution in [3.05, 3.63) is 105 Å². The minimum atomic E-state index is -0.0737. The molecule has 0 saturated heterocycles. The van der Waals surface area contributed by atoms with Crippen molar-refractivity contribution in [2.75, 3.05) is 0 Å². The SMILES string of the molecule is Cc1nn(-c2ccc(Cl)c(Cl)c2)c(C)c1CC(=O)NCc1ccc(OCc2ccccn2)cc1. The Kier molecular flexibility index (Phi) is 7.50. The molecule has 8 heteroatoms. The van der Waals surface area contributed by atoms with Crippen LogP contribution in [0.4, 0.5) is 0 Å². The molecule has 1 amide bonds. The van der Waals surface area contributed by atoms with Crippen LogP contribution in [-0.2, 0) is 24.4 Å². The molecule has 4 rings (SSSR count). The van der Waals surface area contributed by atoms with Gasteiger partial charge in [-0.15, -0.1) is 0 Å². The number of aryl methyl sites for hydroxylation is 1. The second kappa shape index (κ2) is 10.7. The molecule has 2 aromatic heterocycles. The van der Waals surface area contributed by atoms with E-state index in [1.165, 1.54) is 0 Å². The van der Waals surface area contributed by atoms with Gasteiger partial charge in [0.05, 0.1) is 33.5 Å². The number of hydrogen-bond donors (Lipinski definition) is 1. The van der Waals surface area contributed by atoms with Crippen molar-refractivity contribution in [1.82, 2.24) is 20.1 Å². The summed E-state index contributed by atoms with van der Waals surface area (Å²) in [7, 11) is 0. The quantitative estimate of drug-likeness (QED) is 0.344. The molecule has 34 heavy (non-hydrogen) atoms. The van der Waals surface area contributed by atoms with Crippen LogP contribution in [0.15, 0.2) is 66.9 Å². The highest BCUT2D eigenvalue weighted by Crippen LogP contribution is 2.26. The fourth-order valence-corrected chi connectivity index (χ4v) is 3.86. The van der Waals surface area contributed by atoms with Crippen molar-refractivity contribution < 1.29 is 9.53 Å². The average molecular weight is 495 g/mol. The summed E-state index contributed by atoms with van der Waals surface area (Å²) in [5, 5.41) is 8.51. The Morgan fingerprint density at radius 3 is 2.53 bits per heavy atom. The molecule has 0 bridgehead atoms. The third-order valence-electron chi connectivity index (χ3n) is 5.45. The largest absolute Gasteiger partial charge is 0.487 e. The molecular weight excluding hydrogens is 471 g/mol. The third-order valence-corrected chi connectivity index (χ3v) is 6.19. The van der Waals surface area contributed by atoms with Gasteiger partial charge in [0.2, 0.25) is 5.91 Å². The summed E-state index contributed by atoms with van der Waals surface area (Å²) >= 11 is 12.2. The zero-order valence-corrected chi connectivity index (χ0v) is 20.4. The van der Waals surface area contributed by atoms with E-state index in [4.69, 9.17) is 27.9 Å². The van der Waals surface area contributed by atoms with Crippen molar-refractivity contribution in [2.45, 2.75) is 33.4 Å². The summed E-state index contributed by atoms with van der Waals surface area (Å²) in [5.74, 6) is 0.678. The first-order valence-electron chi connectivity index (χ1n) is 10.8. The molecule has 4 aromatic rings. The zero-order chi connectivity index (χ0) is 24.1. The number of benzene rings is 2. The number of hydrogen-bond acceptors (Lipinski definition) is 4. The second-order valence-electron chi connectivity index (χ2n) is 7.87. The molecule has 0 saturated carbocycles. The average Bonchev–Trinajstić information content (AvgIpc) is 3.12. The lowest BCUT2D eigenvalue weighted by Gasteiger charge is -2.09. The fourth-order valence-electron chi connectivity index (χ4n) is 3.57. The molecule has 0 aliphatic carbocycles. The highest BCUT2D eigenvalue weighted by molar-refractivity contribution is 6.42. The molecule has 0 unspecified atom stereocenters. The van der Waals surface area contributed by atoms with E-state index >= 15 is 0 Å². The van der Waals surface area contributed by atoms with Crippen molar-refractivity contribution in [3.63, 3.8) is 0 Å². The van der Waals surface area contributed by atoms with Crippen LogP contribution in [0.25, 0.3) is 5.69 Å². The molecule has 2 aromatic carbocycles. The zero-order valence-electron chi connectivity index (χ0n) is 18.9. The minimum absolute atomic E-state index is 0.0737. The molecule has 2 heterocycles. The smallest absolute Gasteiger partial charge is 0.224 e. The maximum atomic E-state index is 12.6. The molecule has 6 nitrogen and oxygen atoms in total. The van der Waals surface area contributed by atoms with Gasteiger partial charge in [-0.25, -0.2) is 4.68 Å². The van der Waals surface area contributed by atoms with Gasteiger partial charge >= 0.3 is 0 Å². The summed E-state index contributed by atoms with van der Waals surface area (Å²) in [6.45, 7) is 4.67. The van der Waals surface area contributed by atoms with Crippen LogP contribution in [0.2, 0.25) is 10.0 Å². The highest BCUT2D eigenvalue weighted by atomic mass is 35.5. The van der Waals surface area contributed by atoms with Crippen molar-refractivity contribution in [3.8, 4) is 11.4 Å². The van der Waals surface area contributed by atoms with E-state index in [1.807, 2.05) is 62.4 Å². The summed E-state index contributed by atoms with van der Waals surface area (Å²) < 4.78 is 7.54. The summed E-state index contributed by atoms with van der Waals surface area (Å²) in [6, 6.07) is 18.7. The van der Waals surface area contributed by atoms with Gasteiger partial charge in [0.15, 0.2) is 0 Å².